The summed E-state index contributed by atoms with van der Waals surface area (Å²) in [6, 6.07) is 0.0485. The van der Waals surface area contributed by atoms with Gasteiger partial charge in [-0.25, -0.2) is 0 Å². The van der Waals surface area contributed by atoms with Crippen LogP contribution in [0.2, 0.25) is 0 Å². The lowest BCUT2D eigenvalue weighted by Crippen LogP contribution is -2.40. The second-order valence-corrected chi connectivity index (χ2v) is 4.81. The van der Waals surface area contributed by atoms with Crippen LogP contribution in [0.3, 0.4) is 0 Å². The summed E-state index contributed by atoms with van der Waals surface area (Å²) in [5.74, 6) is 0.983. The highest BCUT2D eigenvalue weighted by molar-refractivity contribution is 5.81. The van der Waals surface area contributed by atoms with E-state index < -0.39 is 0 Å². The minimum atomic E-state index is 0.0485. The van der Waals surface area contributed by atoms with Gasteiger partial charge < -0.3 is 15.4 Å². The number of hydrogen-bond donors (Lipinski definition) is 2. The highest BCUT2D eigenvalue weighted by Gasteiger charge is 2.22. The molecule has 2 aliphatic rings. The van der Waals surface area contributed by atoms with Gasteiger partial charge in [-0.15, -0.1) is 0 Å². The summed E-state index contributed by atoms with van der Waals surface area (Å²) in [6.07, 6.45) is 5.69. The topological polar surface area (TPSA) is 50.4 Å². The molecule has 1 aliphatic heterocycles. The van der Waals surface area contributed by atoms with E-state index in [1.54, 1.807) is 0 Å². The van der Waals surface area contributed by atoms with Gasteiger partial charge >= 0.3 is 0 Å². The van der Waals surface area contributed by atoms with E-state index >= 15 is 0 Å². The lowest BCUT2D eigenvalue weighted by atomic mass is 10.2. The molecular formula is C12H22N2O2. The van der Waals surface area contributed by atoms with E-state index in [0.717, 1.165) is 51.5 Å². The molecule has 1 heterocycles. The van der Waals surface area contributed by atoms with Gasteiger partial charge in [0.2, 0.25) is 5.91 Å². The molecule has 2 N–H and O–H groups in total. The van der Waals surface area contributed by atoms with Crippen LogP contribution < -0.4 is 10.6 Å². The molecule has 16 heavy (non-hydrogen) atoms. The highest BCUT2D eigenvalue weighted by Crippen LogP contribution is 2.28. The van der Waals surface area contributed by atoms with Crippen molar-refractivity contribution in [2.24, 2.45) is 5.92 Å². The van der Waals surface area contributed by atoms with Crippen LogP contribution in [-0.2, 0) is 9.53 Å². The van der Waals surface area contributed by atoms with Crippen LogP contribution in [0.25, 0.3) is 0 Å². The van der Waals surface area contributed by atoms with Crippen LogP contribution in [0.15, 0.2) is 0 Å². The van der Waals surface area contributed by atoms with Crippen molar-refractivity contribution in [3.05, 3.63) is 0 Å². The average Bonchev–Trinajstić information content (AvgIpc) is 2.95. The fourth-order valence-corrected chi connectivity index (χ4v) is 1.95. The van der Waals surface area contributed by atoms with Gasteiger partial charge in [-0.05, 0) is 44.6 Å². The molecule has 2 fully saturated rings. The molecule has 1 saturated carbocycles. The van der Waals surface area contributed by atoms with E-state index in [4.69, 9.17) is 4.74 Å². The molecule has 0 unspecified atom stereocenters. The first kappa shape index (κ1) is 11.9. The minimum absolute atomic E-state index is 0.0485. The summed E-state index contributed by atoms with van der Waals surface area (Å²) in [4.78, 5) is 11.6. The molecule has 0 aromatic carbocycles. The number of carbonyl (C=O) groups excluding carboxylic acids is 1. The summed E-state index contributed by atoms with van der Waals surface area (Å²) < 4.78 is 5.50. The van der Waals surface area contributed by atoms with E-state index in [2.05, 4.69) is 10.6 Å². The van der Waals surface area contributed by atoms with Crippen molar-refractivity contribution in [2.45, 2.75) is 38.1 Å². The average molecular weight is 226 g/mol. The van der Waals surface area contributed by atoms with Crippen molar-refractivity contribution in [1.82, 2.24) is 10.6 Å². The van der Waals surface area contributed by atoms with Crippen LogP contribution in [0, 0.1) is 5.92 Å². The molecule has 4 heteroatoms. The third kappa shape index (κ3) is 4.10. The van der Waals surface area contributed by atoms with Gasteiger partial charge in [0.15, 0.2) is 0 Å². The van der Waals surface area contributed by atoms with Gasteiger partial charge in [0, 0.05) is 19.8 Å². The fraction of sp³-hybridized carbons (Fsp3) is 0.917. The third-order valence-electron chi connectivity index (χ3n) is 3.19. The lowest BCUT2D eigenvalue weighted by molar-refractivity contribution is -0.122. The van der Waals surface area contributed by atoms with Gasteiger partial charge in [0.05, 0.1) is 6.04 Å². The number of nitrogens with one attached hydrogen (secondary N) is 2. The van der Waals surface area contributed by atoms with Crippen molar-refractivity contribution in [2.75, 3.05) is 26.3 Å². The van der Waals surface area contributed by atoms with Crippen LogP contribution in [0.4, 0.5) is 0 Å². The van der Waals surface area contributed by atoms with E-state index in [9.17, 15) is 4.79 Å². The SMILES string of the molecule is O=C(NCCCOCC1CC1)[C@H]1CCCN1. The van der Waals surface area contributed by atoms with E-state index in [0.29, 0.717) is 0 Å². The van der Waals surface area contributed by atoms with Crippen molar-refractivity contribution in [1.29, 1.82) is 0 Å². The predicted octanol–water partition coefficient (Wildman–Crippen LogP) is 0.671. The van der Waals surface area contributed by atoms with Gasteiger partial charge in [-0.2, -0.15) is 0 Å². The Morgan fingerprint density at radius 1 is 1.38 bits per heavy atom. The Balaban J connectivity index is 1.42. The second kappa shape index (κ2) is 6.21. The highest BCUT2D eigenvalue weighted by atomic mass is 16.5. The van der Waals surface area contributed by atoms with E-state index in [1.807, 2.05) is 0 Å². The zero-order valence-electron chi connectivity index (χ0n) is 9.84. The summed E-state index contributed by atoms with van der Waals surface area (Å²) in [5, 5.41) is 6.14. The molecule has 4 nitrogen and oxygen atoms in total. The van der Waals surface area contributed by atoms with Gasteiger partial charge in [0.25, 0.3) is 0 Å². The molecule has 0 spiro atoms. The predicted molar refractivity (Wildman–Crippen MR) is 62.2 cm³/mol. The van der Waals surface area contributed by atoms with Gasteiger partial charge in [-0.3, -0.25) is 4.79 Å². The number of carbonyl (C=O) groups is 1. The Kier molecular flexibility index (Phi) is 4.60. The second-order valence-electron chi connectivity index (χ2n) is 4.81. The lowest BCUT2D eigenvalue weighted by Gasteiger charge is -2.10. The van der Waals surface area contributed by atoms with Crippen LogP contribution in [0.1, 0.15) is 32.1 Å². The maximum Gasteiger partial charge on any atom is 0.237 e. The van der Waals surface area contributed by atoms with Gasteiger partial charge in [0.1, 0.15) is 0 Å². The van der Waals surface area contributed by atoms with Crippen molar-refractivity contribution in [3.63, 3.8) is 0 Å². The molecule has 0 radical (unpaired) electrons. The van der Waals surface area contributed by atoms with E-state index in [-0.39, 0.29) is 11.9 Å². The molecule has 1 aliphatic carbocycles. The molecule has 92 valence electrons. The third-order valence-corrected chi connectivity index (χ3v) is 3.19. The molecular weight excluding hydrogens is 204 g/mol. The zero-order valence-corrected chi connectivity index (χ0v) is 9.84. The number of ether oxygens (including phenoxy) is 1. The van der Waals surface area contributed by atoms with Crippen molar-refractivity contribution in [3.8, 4) is 0 Å². The Morgan fingerprint density at radius 2 is 2.25 bits per heavy atom. The summed E-state index contributed by atoms with van der Waals surface area (Å²) in [5.41, 5.74) is 0. The Labute approximate surface area is 97.1 Å². The molecule has 0 bridgehead atoms. The molecule has 1 amide bonds. The summed E-state index contributed by atoms with van der Waals surface area (Å²) in [7, 11) is 0. The largest absolute Gasteiger partial charge is 0.381 e. The first-order valence-corrected chi connectivity index (χ1v) is 6.45. The standard InChI is InChI=1S/C12H22N2O2/c15-12(11-3-1-6-13-11)14-7-2-8-16-9-10-4-5-10/h10-11,13H,1-9H2,(H,14,15)/t11-/m1/s1. The Hall–Kier alpha value is -0.610. The number of amides is 1. The minimum Gasteiger partial charge on any atom is -0.381 e. The Morgan fingerprint density at radius 3 is 2.94 bits per heavy atom. The molecule has 1 atom stereocenters. The Bertz CT molecular complexity index is 223. The smallest absolute Gasteiger partial charge is 0.237 e. The first-order valence-electron chi connectivity index (χ1n) is 6.45. The van der Waals surface area contributed by atoms with E-state index in [1.165, 1.54) is 12.8 Å². The normalized spacial score (nSPS) is 24.6. The van der Waals surface area contributed by atoms with Crippen LogP contribution in [0.5, 0.6) is 0 Å². The summed E-state index contributed by atoms with van der Waals surface area (Å²) in [6.45, 7) is 3.40. The monoisotopic (exact) mass is 226 g/mol. The van der Waals surface area contributed by atoms with Crippen molar-refractivity contribution < 1.29 is 9.53 Å². The van der Waals surface area contributed by atoms with Crippen molar-refractivity contribution >= 4 is 5.91 Å². The first-order chi connectivity index (χ1) is 7.86. The van der Waals surface area contributed by atoms with Crippen LogP contribution >= 0.6 is 0 Å². The quantitative estimate of drug-likeness (QED) is 0.627. The maximum atomic E-state index is 11.6. The summed E-state index contributed by atoms with van der Waals surface area (Å²) >= 11 is 0. The molecule has 0 aromatic rings. The van der Waals surface area contributed by atoms with Gasteiger partial charge in [-0.1, -0.05) is 0 Å². The molecule has 0 aromatic heterocycles. The molecule has 2 rings (SSSR count). The number of hydrogen-bond acceptors (Lipinski definition) is 3. The zero-order chi connectivity index (χ0) is 11.2. The molecule has 1 saturated heterocycles. The maximum absolute atomic E-state index is 11.6. The number of rotatable bonds is 7. The van der Waals surface area contributed by atoms with Crippen LogP contribution in [-0.4, -0.2) is 38.3 Å². The fourth-order valence-electron chi connectivity index (χ4n) is 1.95.